The van der Waals surface area contributed by atoms with Gasteiger partial charge in [-0.25, -0.2) is 4.98 Å². The molecule has 0 saturated heterocycles. The van der Waals surface area contributed by atoms with E-state index < -0.39 is 5.97 Å². The molecule has 8 nitrogen and oxygen atoms in total. The van der Waals surface area contributed by atoms with E-state index in [4.69, 9.17) is 4.74 Å². The zero-order valence-electron chi connectivity index (χ0n) is 14.8. The van der Waals surface area contributed by atoms with E-state index in [9.17, 15) is 9.59 Å². The van der Waals surface area contributed by atoms with Gasteiger partial charge in [0.15, 0.2) is 0 Å². The van der Waals surface area contributed by atoms with Crippen molar-refractivity contribution < 1.29 is 9.53 Å². The number of aromatic nitrogens is 4. The third-order valence-corrected chi connectivity index (χ3v) is 3.91. The van der Waals surface area contributed by atoms with Crippen molar-refractivity contribution in [2.45, 2.75) is 33.2 Å². The van der Waals surface area contributed by atoms with Gasteiger partial charge in [0.2, 0.25) is 5.95 Å². The molecule has 0 spiro atoms. The zero-order chi connectivity index (χ0) is 18.5. The van der Waals surface area contributed by atoms with Crippen LogP contribution >= 0.6 is 0 Å². The maximum Gasteiger partial charge on any atom is 0.311 e. The minimum atomic E-state index is -0.423. The predicted octanol–water partition coefficient (Wildman–Crippen LogP) is 1.70. The molecule has 0 aliphatic rings. The van der Waals surface area contributed by atoms with Crippen molar-refractivity contribution >= 4 is 17.7 Å². The standard InChI is InChI=1S/C18H21N5O3/c1-3-12-5-7-13(8-6-12)11-19-17-21-18-20-14(10-16(25)26-4-2)9-15(24)23(18)22-17/h5-9H,3-4,10-11H2,1-2H3,(H2,19,20,21,22). The monoisotopic (exact) mass is 355 g/mol. The van der Waals surface area contributed by atoms with Crippen LogP contribution in [0.25, 0.3) is 5.78 Å². The summed E-state index contributed by atoms with van der Waals surface area (Å²) in [7, 11) is 0. The number of H-pyrrole nitrogens is 1. The first kappa shape index (κ1) is 17.7. The van der Waals surface area contributed by atoms with Crippen LogP contribution in [0.3, 0.4) is 0 Å². The molecular formula is C18H21N5O3. The van der Waals surface area contributed by atoms with Gasteiger partial charge >= 0.3 is 5.97 Å². The SMILES string of the molecule is CCOC(=O)Cc1cc(=O)n2[nH]c(NCc3ccc(CC)cc3)nc2n1. The van der Waals surface area contributed by atoms with Gasteiger partial charge in [-0.1, -0.05) is 31.2 Å². The molecule has 3 rings (SSSR count). The van der Waals surface area contributed by atoms with Crippen LogP contribution in [0.1, 0.15) is 30.7 Å². The Morgan fingerprint density at radius 2 is 1.92 bits per heavy atom. The number of benzene rings is 1. The number of carbonyl (C=O) groups is 1. The number of esters is 1. The lowest BCUT2D eigenvalue weighted by Crippen LogP contribution is -2.18. The summed E-state index contributed by atoms with van der Waals surface area (Å²) in [5.41, 5.74) is 2.39. The van der Waals surface area contributed by atoms with E-state index in [1.54, 1.807) is 6.92 Å². The minimum absolute atomic E-state index is 0.0566. The van der Waals surface area contributed by atoms with Crippen molar-refractivity contribution in [1.82, 2.24) is 19.6 Å². The number of ether oxygens (including phenoxy) is 1. The molecule has 8 heteroatoms. The molecule has 0 saturated carbocycles. The number of aryl methyl sites for hydroxylation is 1. The maximum atomic E-state index is 12.2. The normalized spacial score (nSPS) is 10.8. The van der Waals surface area contributed by atoms with Crippen molar-refractivity contribution in [1.29, 1.82) is 0 Å². The molecule has 3 aromatic rings. The fraction of sp³-hybridized carbons (Fsp3) is 0.333. The molecule has 0 amide bonds. The van der Waals surface area contributed by atoms with Crippen LogP contribution in [-0.4, -0.2) is 32.2 Å². The van der Waals surface area contributed by atoms with E-state index in [-0.39, 0.29) is 24.4 Å². The van der Waals surface area contributed by atoms with Crippen LogP contribution in [0.2, 0.25) is 0 Å². The molecule has 0 atom stereocenters. The number of rotatable bonds is 7. The number of aromatic amines is 1. The van der Waals surface area contributed by atoms with E-state index >= 15 is 0 Å². The first-order chi connectivity index (χ1) is 12.6. The van der Waals surface area contributed by atoms with E-state index in [1.807, 2.05) is 0 Å². The van der Waals surface area contributed by atoms with Crippen molar-refractivity contribution in [2.24, 2.45) is 0 Å². The highest BCUT2D eigenvalue weighted by atomic mass is 16.5. The predicted molar refractivity (Wildman–Crippen MR) is 97.1 cm³/mol. The third-order valence-electron chi connectivity index (χ3n) is 3.91. The van der Waals surface area contributed by atoms with Crippen LogP contribution in [-0.2, 0) is 28.9 Å². The van der Waals surface area contributed by atoms with Crippen LogP contribution < -0.4 is 10.9 Å². The van der Waals surface area contributed by atoms with Crippen molar-refractivity contribution in [3.8, 4) is 0 Å². The molecule has 0 aliphatic carbocycles. The minimum Gasteiger partial charge on any atom is -0.466 e. The lowest BCUT2D eigenvalue weighted by molar-refractivity contribution is -0.142. The number of fused-ring (bicyclic) bond motifs is 1. The summed E-state index contributed by atoms with van der Waals surface area (Å²) in [4.78, 5) is 32.2. The molecule has 0 unspecified atom stereocenters. The van der Waals surface area contributed by atoms with Crippen LogP contribution in [0.15, 0.2) is 35.1 Å². The molecule has 26 heavy (non-hydrogen) atoms. The van der Waals surface area contributed by atoms with Crippen LogP contribution in [0, 0.1) is 0 Å². The Labute approximate surface area is 150 Å². The number of anilines is 1. The lowest BCUT2D eigenvalue weighted by Gasteiger charge is -2.03. The summed E-state index contributed by atoms with van der Waals surface area (Å²) in [5, 5.41) is 6.00. The van der Waals surface area contributed by atoms with Crippen molar-refractivity contribution in [3.05, 3.63) is 57.5 Å². The van der Waals surface area contributed by atoms with Crippen molar-refractivity contribution in [2.75, 3.05) is 11.9 Å². The Hall–Kier alpha value is -3.16. The van der Waals surface area contributed by atoms with Gasteiger partial charge in [0.1, 0.15) is 0 Å². The number of nitrogens with one attached hydrogen (secondary N) is 2. The number of hydrogen-bond acceptors (Lipinski definition) is 6. The molecule has 1 aromatic carbocycles. The molecule has 2 aromatic heterocycles. The quantitative estimate of drug-likeness (QED) is 0.626. The average molecular weight is 355 g/mol. The molecule has 136 valence electrons. The van der Waals surface area contributed by atoms with Gasteiger partial charge in [-0.05, 0) is 24.5 Å². The van der Waals surface area contributed by atoms with Crippen molar-refractivity contribution in [3.63, 3.8) is 0 Å². The maximum absolute atomic E-state index is 12.2. The fourth-order valence-corrected chi connectivity index (χ4v) is 2.54. The summed E-state index contributed by atoms with van der Waals surface area (Å²) in [6.45, 7) is 4.69. The summed E-state index contributed by atoms with van der Waals surface area (Å²) in [5.74, 6) is 0.219. The largest absolute Gasteiger partial charge is 0.466 e. The average Bonchev–Trinajstić information content (AvgIpc) is 3.04. The van der Waals surface area contributed by atoms with Gasteiger partial charge in [0.25, 0.3) is 11.3 Å². The summed E-state index contributed by atoms with van der Waals surface area (Å²) < 4.78 is 6.11. The Bertz CT molecular complexity index is 959. The van der Waals surface area contributed by atoms with Crippen LogP contribution in [0.4, 0.5) is 5.95 Å². The Balaban J connectivity index is 1.74. The Kier molecular flexibility index (Phi) is 5.31. The first-order valence-electron chi connectivity index (χ1n) is 8.55. The summed E-state index contributed by atoms with van der Waals surface area (Å²) in [6, 6.07) is 9.58. The smallest absolute Gasteiger partial charge is 0.311 e. The van der Waals surface area contributed by atoms with Crippen LogP contribution in [0.5, 0.6) is 0 Å². The molecule has 0 fully saturated rings. The second-order valence-corrected chi connectivity index (χ2v) is 5.80. The molecule has 0 aliphatic heterocycles. The highest BCUT2D eigenvalue weighted by Crippen LogP contribution is 2.08. The summed E-state index contributed by atoms with van der Waals surface area (Å²) in [6.07, 6.45) is 0.943. The lowest BCUT2D eigenvalue weighted by atomic mass is 10.1. The Morgan fingerprint density at radius 1 is 1.19 bits per heavy atom. The van der Waals surface area contributed by atoms with Gasteiger partial charge in [-0.15, -0.1) is 0 Å². The zero-order valence-corrected chi connectivity index (χ0v) is 14.8. The second kappa shape index (κ2) is 7.81. The highest BCUT2D eigenvalue weighted by molar-refractivity contribution is 5.72. The number of carbonyl (C=O) groups excluding carboxylic acids is 1. The molecule has 0 radical (unpaired) electrons. The number of hydrogen-bond donors (Lipinski definition) is 2. The third kappa shape index (κ3) is 4.08. The van der Waals surface area contributed by atoms with Gasteiger partial charge < -0.3 is 10.1 Å². The fourth-order valence-electron chi connectivity index (χ4n) is 2.54. The van der Waals surface area contributed by atoms with E-state index in [0.717, 1.165) is 12.0 Å². The van der Waals surface area contributed by atoms with Gasteiger partial charge in [0.05, 0.1) is 18.7 Å². The highest BCUT2D eigenvalue weighted by Gasteiger charge is 2.11. The van der Waals surface area contributed by atoms with Gasteiger partial charge in [0, 0.05) is 12.6 Å². The Morgan fingerprint density at radius 3 is 2.62 bits per heavy atom. The first-order valence-corrected chi connectivity index (χ1v) is 8.55. The molecule has 2 heterocycles. The molecular weight excluding hydrogens is 334 g/mol. The van der Waals surface area contributed by atoms with E-state index in [0.29, 0.717) is 18.2 Å². The second-order valence-electron chi connectivity index (χ2n) is 5.80. The van der Waals surface area contributed by atoms with Gasteiger partial charge in [-0.3, -0.25) is 14.7 Å². The molecule has 0 bridgehead atoms. The number of nitrogens with zero attached hydrogens (tertiary/aromatic N) is 3. The van der Waals surface area contributed by atoms with E-state index in [2.05, 4.69) is 51.6 Å². The summed E-state index contributed by atoms with van der Waals surface area (Å²) >= 11 is 0. The van der Waals surface area contributed by atoms with E-state index in [1.165, 1.54) is 16.1 Å². The molecule has 2 N–H and O–H groups in total. The van der Waals surface area contributed by atoms with Gasteiger partial charge in [-0.2, -0.15) is 9.50 Å². The topological polar surface area (TPSA) is 101 Å².